The largest absolute Gasteiger partial charge is 0.357 e. The second kappa shape index (κ2) is 10.2. The van der Waals surface area contributed by atoms with Crippen LogP contribution >= 0.6 is 0 Å². The number of unbranched alkanes of at least 4 members (excludes halogenated alkanes) is 2. The fraction of sp³-hybridized carbons (Fsp3) is 0.917. The molecule has 0 aliphatic rings. The molecule has 0 rings (SSSR count). The molecule has 5 nitrogen and oxygen atoms in total. The van der Waals surface area contributed by atoms with Crippen LogP contribution in [0, 0.1) is 0 Å². The summed E-state index contributed by atoms with van der Waals surface area (Å²) in [5.74, 6) is 0.980. The third-order valence-corrected chi connectivity index (χ3v) is 3.39. The molecule has 0 radical (unpaired) electrons. The first-order valence-electron chi connectivity index (χ1n) is 6.69. The maximum absolute atomic E-state index is 11.0. The lowest BCUT2D eigenvalue weighted by Gasteiger charge is -2.10. The number of guanidine groups is 1. The third kappa shape index (κ3) is 11.7. The summed E-state index contributed by atoms with van der Waals surface area (Å²) < 4.78 is 21.9. The van der Waals surface area contributed by atoms with E-state index in [9.17, 15) is 8.42 Å². The van der Waals surface area contributed by atoms with Gasteiger partial charge < -0.3 is 10.6 Å². The molecule has 0 aliphatic heterocycles. The lowest BCUT2D eigenvalue weighted by atomic mass is 10.2. The Morgan fingerprint density at radius 3 is 2.39 bits per heavy atom. The summed E-state index contributed by atoms with van der Waals surface area (Å²) in [6.07, 6.45) is 5.36. The van der Waals surface area contributed by atoms with E-state index < -0.39 is 9.84 Å². The van der Waals surface area contributed by atoms with Gasteiger partial charge >= 0.3 is 0 Å². The third-order valence-electron chi connectivity index (χ3n) is 2.36. The smallest absolute Gasteiger partial charge is 0.191 e. The van der Waals surface area contributed by atoms with Gasteiger partial charge in [-0.05, 0) is 19.8 Å². The summed E-state index contributed by atoms with van der Waals surface area (Å²) >= 11 is 0. The van der Waals surface area contributed by atoms with Gasteiger partial charge in [0.1, 0.15) is 9.84 Å². The Labute approximate surface area is 111 Å². The number of nitrogens with zero attached hydrogens (tertiary/aromatic N) is 1. The molecule has 0 aromatic heterocycles. The van der Waals surface area contributed by atoms with Gasteiger partial charge in [-0.15, -0.1) is 0 Å². The van der Waals surface area contributed by atoms with Crippen LogP contribution < -0.4 is 10.6 Å². The van der Waals surface area contributed by atoms with Crippen molar-refractivity contribution >= 4 is 15.8 Å². The molecule has 18 heavy (non-hydrogen) atoms. The second-order valence-corrected chi connectivity index (χ2v) is 6.64. The van der Waals surface area contributed by atoms with Crippen LogP contribution in [0.3, 0.4) is 0 Å². The van der Waals surface area contributed by atoms with Crippen molar-refractivity contribution in [3.05, 3.63) is 0 Å². The molecular weight excluding hydrogens is 250 g/mol. The zero-order valence-electron chi connectivity index (χ0n) is 11.8. The zero-order chi connectivity index (χ0) is 13.9. The summed E-state index contributed by atoms with van der Waals surface area (Å²) in [5.41, 5.74) is 0. The Bertz CT molecular complexity index is 326. The molecule has 0 fully saturated rings. The molecule has 108 valence electrons. The highest BCUT2D eigenvalue weighted by molar-refractivity contribution is 7.90. The van der Waals surface area contributed by atoms with Crippen LogP contribution in [-0.2, 0) is 9.84 Å². The Kier molecular flexibility index (Phi) is 9.73. The van der Waals surface area contributed by atoms with E-state index in [1.807, 2.05) is 6.92 Å². The average molecular weight is 277 g/mol. The van der Waals surface area contributed by atoms with Gasteiger partial charge in [0.15, 0.2) is 5.96 Å². The lowest BCUT2D eigenvalue weighted by molar-refractivity contribution is 0.599. The van der Waals surface area contributed by atoms with Crippen molar-refractivity contribution < 1.29 is 8.42 Å². The van der Waals surface area contributed by atoms with E-state index in [0.29, 0.717) is 13.0 Å². The Morgan fingerprint density at radius 1 is 1.11 bits per heavy atom. The van der Waals surface area contributed by atoms with E-state index in [2.05, 4.69) is 22.5 Å². The molecule has 0 aromatic rings. The van der Waals surface area contributed by atoms with Crippen LogP contribution in [0.25, 0.3) is 0 Å². The topological polar surface area (TPSA) is 70.6 Å². The number of hydrogen-bond acceptors (Lipinski definition) is 3. The van der Waals surface area contributed by atoms with E-state index in [-0.39, 0.29) is 5.75 Å². The Hall–Kier alpha value is -0.780. The van der Waals surface area contributed by atoms with Crippen LogP contribution in [0.2, 0.25) is 0 Å². The molecule has 0 saturated carbocycles. The highest BCUT2D eigenvalue weighted by Crippen LogP contribution is 1.92. The van der Waals surface area contributed by atoms with E-state index in [4.69, 9.17) is 0 Å². The quantitative estimate of drug-likeness (QED) is 0.377. The first kappa shape index (κ1) is 17.2. The van der Waals surface area contributed by atoms with E-state index >= 15 is 0 Å². The number of aliphatic imine (C=N–C) groups is 1. The minimum atomic E-state index is -2.87. The summed E-state index contributed by atoms with van der Waals surface area (Å²) in [6.45, 7) is 6.44. The van der Waals surface area contributed by atoms with Gasteiger partial charge in [0.2, 0.25) is 0 Å². The molecule has 0 heterocycles. The van der Waals surface area contributed by atoms with Gasteiger partial charge in [-0.25, -0.2) is 8.42 Å². The van der Waals surface area contributed by atoms with Crippen LogP contribution in [0.5, 0.6) is 0 Å². The minimum absolute atomic E-state index is 0.200. The zero-order valence-corrected chi connectivity index (χ0v) is 12.6. The van der Waals surface area contributed by atoms with Crippen molar-refractivity contribution in [3.63, 3.8) is 0 Å². The van der Waals surface area contributed by atoms with Gasteiger partial charge in [0, 0.05) is 25.9 Å². The Balaban J connectivity index is 3.91. The summed E-state index contributed by atoms with van der Waals surface area (Å²) in [4.78, 5) is 4.34. The van der Waals surface area contributed by atoms with Crippen LogP contribution in [0.4, 0.5) is 0 Å². The summed E-state index contributed by atoms with van der Waals surface area (Å²) in [7, 11) is -2.87. The molecule has 0 unspecified atom stereocenters. The molecule has 0 aliphatic carbocycles. The van der Waals surface area contributed by atoms with Crippen LogP contribution in [-0.4, -0.2) is 46.0 Å². The van der Waals surface area contributed by atoms with Gasteiger partial charge in [-0.3, -0.25) is 4.99 Å². The first-order chi connectivity index (χ1) is 8.49. The van der Waals surface area contributed by atoms with Crippen LogP contribution in [0.1, 0.15) is 39.5 Å². The molecule has 0 spiro atoms. The Morgan fingerprint density at radius 2 is 1.83 bits per heavy atom. The van der Waals surface area contributed by atoms with Gasteiger partial charge in [-0.2, -0.15) is 0 Å². The van der Waals surface area contributed by atoms with Crippen molar-refractivity contribution in [3.8, 4) is 0 Å². The fourth-order valence-electron chi connectivity index (χ4n) is 1.44. The monoisotopic (exact) mass is 277 g/mol. The molecule has 0 bridgehead atoms. The van der Waals surface area contributed by atoms with Crippen molar-refractivity contribution in [1.29, 1.82) is 0 Å². The highest BCUT2D eigenvalue weighted by atomic mass is 32.2. The predicted molar refractivity (Wildman–Crippen MR) is 77.8 cm³/mol. The normalized spacial score (nSPS) is 12.5. The van der Waals surface area contributed by atoms with Crippen molar-refractivity contribution in [2.24, 2.45) is 4.99 Å². The number of hydrogen-bond donors (Lipinski definition) is 2. The highest BCUT2D eigenvalue weighted by Gasteiger charge is 2.01. The molecule has 0 amide bonds. The predicted octanol–water partition coefficient (Wildman–Crippen LogP) is 1.17. The molecule has 0 aromatic carbocycles. The maximum Gasteiger partial charge on any atom is 0.191 e. The molecular formula is C12H27N3O2S. The van der Waals surface area contributed by atoms with E-state index in [1.54, 1.807) is 0 Å². The van der Waals surface area contributed by atoms with E-state index in [1.165, 1.54) is 19.1 Å². The molecule has 0 atom stereocenters. The summed E-state index contributed by atoms with van der Waals surface area (Å²) in [6, 6.07) is 0. The summed E-state index contributed by atoms with van der Waals surface area (Å²) in [5, 5.41) is 6.39. The van der Waals surface area contributed by atoms with Crippen LogP contribution in [0.15, 0.2) is 4.99 Å². The second-order valence-electron chi connectivity index (χ2n) is 4.38. The first-order valence-corrected chi connectivity index (χ1v) is 8.75. The fourth-order valence-corrected chi connectivity index (χ4v) is 2.09. The van der Waals surface area contributed by atoms with Crippen molar-refractivity contribution in [2.45, 2.75) is 39.5 Å². The average Bonchev–Trinajstić information content (AvgIpc) is 2.28. The molecule has 0 saturated heterocycles. The minimum Gasteiger partial charge on any atom is -0.357 e. The number of sulfone groups is 1. The SMILES string of the molecule is CCCCCNC(=NCCCS(C)(=O)=O)NCC. The van der Waals surface area contributed by atoms with E-state index in [0.717, 1.165) is 25.5 Å². The van der Waals surface area contributed by atoms with Gasteiger partial charge in [0.25, 0.3) is 0 Å². The maximum atomic E-state index is 11.0. The van der Waals surface area contributed by atoms with Crippen molar-refractivity contribution in [1.82, 2.24) is 10.6 Å². The molecule has 2 N–H and O–H groups in total. The van der Waals surface area contributed by atoms with Crippen molar-refractivity contribution in [2.75, 3.05) is 31.6 Å². The lowest BCUT2D eigenvalue weighted by Crippen LogP contribution is -2.37. The number of nitrogens with one attached hydrogen (secondary N) is 2. The van der Waals surface area contributed by atoms with Gasteiger partial charge in [-0.1, -0.05) is 19.8 Å². The molecule has 6 heteroatoms. The van der Waals surface area contributed by atoms with Gasteiger partial charge in [0.05, 0.1) is 5.75 Å². The number of rotatable bonds is 9. The standard InChI is InChI=1S/C12H27N3O2S/c1-4-6-7-9-14-12(13-5-2)15-10-8-11-18(3,16)17/h4-11H2,1-3H3,(H2,13,14,15).